The highest BCUT2D eigenvalue weighted by Gasteiger charge is 2.25. The molecule has 2 aromatic rings. The van der Waals surface area contributed by atoms with Crippen molar-refractivity contribution in [3.05, 3.63) is 35.5 Å². The van der Waals surface area contributed by atoms with Crippen LogP contribution in [0.1, 0.15) is 26.2 Å². The fourth-order valence-electron chi connectivity index (χ4n) is 2.61. The maximum atomic E-state index is 13.0. The van der Waals surface area contributed by atoms with Crippen LogP contribution in [0.25, 0.3) is 11.3 Å². The van der Waals surface area contributed by atoms with E-state index in [-0.39, 0.29) is 17.8 Å². The molecule has 0 N–H and O–H groups in total. The van der Waals surface area contributed by atoms with Gasteiger partial charge in [-0.1, -0.05) is 6.92 Å². The van der Waals surface area contributed by atoms with Crippen LogP contribution in [0.4, 0.5) is 9.52 Å². The highest BCUT2D eigenvalue weighted by atomic mass is 32.1. The van der Waals surface area contributed by atoms with Crippen molar-refractivity contribution in [1.29, 1.82) is 0 Å². The fourth-order valence-corrected chi connectivity index (χ4v) is 3.47. The molecule has 1 amide bonds. The highest BCUT2D eigenvalue weighted by molar-refractivity contribution is 7.14. The van der Waals surface area contributed by atoms with Crippen LogP contribution in [0.15, 0.2) is 29.6 Å². The van der Waals surface area contributed by atoms with Gasteiger partial charge in [0.05, 0.1) is 18.3 Å². The van der Waals surface area contributed by atoms with Crippen LogP contribution < -0.4 is 4.90 Å². The molecule has 1 atom stereocenters. The largest absolute Gasteiger partial charge is 0.376 e. The molecule has 3 rings (SSSR count). The van der Waals surface area contributed by atoms with Crippen molar-refractivity contribution in [3.8, 4) is 11.3 Å². The summed E-state index contributed by atoms with van der Waals surface area (Å²) in [6.07, 6.45) is 2.53. The Balaban J connectivity index is 1.81. The number of carbonyl (C=O) groups is 1. The Kier molecular flexibility index (Phi) is 5.03. The zero-order valence-electron chi connectivity index (χ0n) is 13.0. The monoisotopic (exact) mass is 334 g/mol. The van der Waals surface area contributed by atoms with E-state index in [1.165, 1.54) is 23.5 Å². The van der Waals surface area contributed by atoms with Crippen molar-refractivity contribution < 1.29 is 13.9 Å². The summed E-state index contributed by atoms with van der Waals surface area (Å²) in [5, 5.41) is 2.57. The van der Waals surface area contributed by atoms with Gasteiger partial charge in [-0.2, -0.15) is 0 Å². The predicted octanol–water partition coefficient (Wildman–Crippen LogP) is 3.87. The van der Waals surface area contributed by atoms with Gasteiger partial charge in [-0.25, -0.2) is 9.37 Å². The molecule has 0 aliphatic carbocycles. The molecule has 6 heteroatoms. The number of amides is 1. The molecule has 1 unspecified atom stereocenters. The summed E-state index contributed by atoms with van der Waals surface area (Å²) >= 11 is 1.43. The van der Waals surface area contributed by atoms with Crippen molar-refractivity contribution in [2.45, 2.75) is 32.3 Å². The molecule has 2 heterocycles. The number of benzene rings is 1. The number of thiazole rings is 1. The van der Waals surface area contributed by atoms with Gasteiger partial charge in [0.25, 0.3) is 0 Å². The zero-order valence-corrected chi connectivity index (χ0v) is 13.8. The van der Waals surface area contributed by atoms with Gasteiger partial charge >= 0.3 is 0 Å². The molecule has 1 aromatic heterocycles. The Morgan fingerprint density at radius 3 is 2.87 bits per heavy atom. The first-order valence-corrected chi connectivity index (χ1v) is 8.68. The molecule has 1 aliphatic rings. The molecule has 23 heavy (non-hydrogen) atoms. The summed E-state index contributed by atoms with van der Waals surface area (Å²) in [7, 11) is 0. The van der Waals surface area contributed by atoms with Gasteiger partial charge in [-0.3, -0.25) is 9.69 Å². The lowest BCUT2D eigenvalue weighted by Crippen LogP contribution is -2.37. The first kappa shape index (κ1) is 16.1. The maximum Gasteiger partial charge on any atom is 0.228 e. The number of hydrogen-bond donors (Lipinski definition) is 0. The molecule has 0 saturated carbocycles. The molecular weight excluding hydrogens is 315 g/mol. The van der Waals surface area contributed by atoms with Crippen molar-refractivity contribution >= 4 is 22.4 Å². The fraction of sp³-hybridized carbons (Fsp3) is 0.412. The second-order valence-corrected chi connectivity index (χ2v) is 6.35. The van der Waals surface area contributed by atoms with Crippen molar-refractivity contribution in [3.63, 3.8) is 0 Å². The molecule has 0 radical (unpaired) electrons. The Hall–Kier alpha value is -1.79. The Morgan fingerprint density at radius 1 is 1.43 bits per heavy atom. The number of aromatic nitrogens is 1. The smallest absolute Gasteiger partial charge is 0.228 e. The van der Waals surface area contributed by atoms with E-state index in [4.69, 9.17) is 4.74 Å². The van der Waals surface area contributed by atoms with E-state index in [1.54, 1.807) is 17.0 Å². The molecular formula is C17H19FN2O2S. The first-order valence-electron chi connectivity index (χ1n) is 7.81. The molecule has 1 fully saturated rings. The summed E-state index contributed by atoms with van der Waals surface area (Å²) in [6, 6.07) is 6.21. The molecule has 1 aromatic carbocycles. The number of rotatable bonds is 5. The molecule has 4 nitrogen and oxygen atoms in total. The van der Waals surface area contributed by atoms with Crippen LogP contribution in [0.2, 0.25) is 0 Å². The van der Waals surface area contributed by atoms with Crippen LogP contribution in [0, 0.1) is 5.82 Å². The number of ether oxygens (including phenoxy) is 1. The van der Waals surface area contributed by atoms with E-state index >= 15 is 0 Å². The van der Waals surface area contributed by atoms with Crippen molar-refractivity contribution in [2.24, 2.45) is 0 Å². The zero-order chi connectivity index (χ0) is 16.2. The summed E-state index contributed by atoms with van der Waals surface area (Å²) in [6.45, 7) is 3.15. The third-order valence-corrected chi connectivity index (χ3v) is 4.74. The second kappa shape index (κ2) is 7.19. The van der Waals surface area contributed by atoms with Gasteiger partial charge < -0.3 is 4.74 Å². The van der Waals surface area contributed by atoms with Gasteiger partial charge in [0.1, 0.15) is 5.82 Å². The van der Waals surface area contributed by atoms with Gasteiger partial charge in [0.2, 0.25) is 5.91 Å². The molecule has 122 valence electrons. The van der Waals surface area contributed by atoms with E-state index in [1.807, 2.05) is 12.3 Å². The van der Waals surface area contributed by atoms with E-state index in [9.17, 15) is 9.18 Å². The average Bonchev–Trinajstić information content (AvgIpc) is 3.24. The minimum Gasteiger partial charge on any atom is -0.376 e. The Labute approximate surface area is 138 Å². The van der Waals surface area contributed by atoms with Gasteiger partial charge in [0.15, 0.2) is 5.13 Å². The summed E-state index contributed by atoms with van der Waals surface area (Å²) in [4.78, 5) is 18.6. The number of hydrogen-bond acceptors (Lipinski definition) is 4. The lowest BCUT2D eigenvalue weighted by Gasteiger charge is -2.22. The first-order chi connectivity index (χ1) is 11.2. The molecule has 1 aliphatic heterocycles. The third kappa shape index (κ3) is 3.76. The highest BCUT2D eigenvalue weighted by Crippen LogP contribution is 2.29. The molecule has 0 spiro atoms. The van der Waals surface area contributed by atoms with E-state index in [0.717, 1.165) is 30.7 Å². The normalized spacial score (nSPS) is 17.4. The molecule has 1 saturated heterocycles. The topological polar surface area (TPSA) is 42.4 Å². The number of nitrogens with zero attached hydrogens (tertiary/aromatic N) is 2. The lowest BCUT2D eigenvalue weighted by molar-refractivity contribution is -0.118. The minimum atomic E-state index is -0.273. The number of halogens is 1. The number of carbonyl (C=O) groups excluding carboxylic acids is 1. The van der Waals surface area contributed by atoms with Crippen LogP contribution in [0.5, 0.6) is 0 Å². The average molecular weight is 334 g/mol. The van der Waals surface area contributed by atoms with Crippen molar-refractivity contribution in [1.82, 2.24) is 4.98 Å². The van der Waals surface area contributed by atoms with E-state index < -0.39 is 0 Å². The van der Waals surface area contributed by atoms with Crippen LogP contribution in [-0.2, 0) is 9.53 Å². The quantitative estimate of drug-likeness (QED) is 0.833. The lowest BCUT2D eigenvalue weighted by atomic mass is 10.2. The Morgan fingerprint density at radius 2 is 2.22 bits per heavy atom. The second-order valence-electron chi connectivity index (χ2n) is 5.52. The SMILES string of the molecule is CCC(=O)N(CC1CCCO1)c1nc(-c2ccc(F)cc2)cs1. The summed E-state index contributed by atoms with van der Waals surface area (Å²) in [5.74, 6) is -0.231. The summed E-state index contributed by atoms with van der Waals surface area (Å²) < 4.78 is 18.7. The van der Waals surface area contributed by atoms with Gasteiger partial charge in [-0.15, -0.1) is 11.3 Å². The standard InChI is InChI=1S/C17H19FN2O2S/c1-2-16(21)20(10-14-4-3-9-22-14)17-19-15(11-23-17)12-5-7-13(18)8-6-12/h5-8,11,14H,2-4,9-10H2,1H3. The number of anilines is 1. The van der Waals surface area contributed by atoms with Gasteiger partial charge in [-0.05, 0) is 37.1 Å². The van der Waals surface area contributed by atoms with Crippen molar-refractivity contribution in [2.75, 3.05) is 18.1 Å². The van der Waals surface area contributed by atoms with Gasteiger partial charge in [0, 0.05) is 24.0 Å². The minimum absolute atomic E-state index is 0.0421. The predicted molar refractivity (Wildman–Crippen MR) is 89.1 cm³/mol. The van der Waals surface area contributed by atoms with Crippen LogP contribution in [-0.4, -0.2) is 30.1 Å². The van der Waals surface area contributed by atoms with E-state index in [0.29, 0.717) is 18.1 Å². The Bertz CT molecular complexity index is 665. The maximum absolute atomic E-state index is 13.0. The summed E-state index contributed by atoms with van der Waals surface area (Å²) in [5.41, 5.74) is 1.60. The molecule has 0 bridgehead atoms. The van der Waals surface area contributed by atoms with Crippen LogP contribution in [0.3, 0.4) is 0 Å². The van der Waals surface area contributed by atoms with E-state index in [2.05, 4.69) is 4.98 Å². The third-order valence-electron chi connectivity index (χ3n) is 3.88. The van der Waals surface area contributed by atoms with Crippen LogP contribution >= 0.6 is 11.3 Å².